The van der Waals surface area contributed by atoms with Gasteiger partial charge in [0.05, 0.1) is 6.61 Å². The van der Waals surface area contributed by atoms with Gasteiger partial charge in [0.15, 0.2) is 0 Å². The van der Waals surface area contributed by atoms with Crippen LogP contribution in [0.4, 0.5) is 0 Å². The number of aliphatic carboxylic acids is 1. The van der Waals surface area contributed by atoms with Crippen LogP contribution in [0.1, 0.15) is 31.7 Å². The number of hydrogen-bond acceptors (Lipinski definition) is 8. The molecule has 0 aliphatic rings. The van der Waals surface area contributed by atoms with Gasteiger partial charge in [-0.2, -0.15) is 0 Å². The molecule has 36 heavy (non-hydrogen) atoms. The molecule has 0 aromatic heterocycles. The number of rotatable bonds is 16. The number of nitrogens with one attached hydrogen (secondary N) is 4. The first-order valence-corrected chi connectivity index (χ1v) is 11.6. The number of carbonyl (C=O) groups is 5. The molecule has 1 rings (SSSR count). The van der Waals surface area contributed by atoms with E-state index in [9.17, 15) is 24.0 Å². The Morgan fingerprint density at radius 3 is 2.11 bits per heavy atom. The molecular formula is C23H36N6O7. The summed E-state index contributed by atoms with van der Waals surface area (Å²) in [6.07, 6.45) is 1.45. The Morgan fingerprint density at radius 1 is 0.889 bits per heavy atom. The van der Waals surface area contributed by atoms with Gasteiger partial charge in [0.2, 0.25) is 23.6 Å². The summed E-state index contributed by atoms with van der Waals surface area (Å²) in [5, 5.41) is 27.7. The molecule has 0 spiro atoms. The monoisotopic (exact) mass is 508 g/mol. The van der Waals surface area contributed by atoms with Crippen molar-refractivity contribution in [1.82, 2.24) is 21.3 Å². The first kappa shape index (κ1) is 30.5. The average molecular weight is 509 g/mol. The average Bonchev–Trinajstić information content (AvgIpc) is 2.86. The molecule has 0 aliphatic carbocycles. The summed E-state index contributed by atoms with van der Waals surface area (Å²) in [6, 6.07) is 4.39. The van der Waals surface area contributed by atoms with Gasteiger partial charge in [0.1, 0.15) is 30.7 Å². The zero-order chi connectivity index (χ0) is 27.1. The van der Waals surface area contributed by atoms with E-state index in [4.69, 9.17) is 21.7 Å². The van der Waals surface area contributed by atoms with Crippen LogP contribution in [-0.4, -0.2) is 83.7 Å². The lowest BCUT2D eigenvalue weighted by Gasteiger charge is -2.24. The van der Waals surface area contributed by atoms with Crippen LogP contribution in [0.2, 0.25) is 0 Å². The van der Waals surface area contributed by atoms with Crippen molar-refractivity contribution in [3.05, 3.63) is 35.9 Å². The molecule has 0 radical (unpaired) electrons. The Labute approximate surface area is 209 Å². The molecule has 0 fully saturated rings. The van der Waals surface area contributed by atoms with Gasteiger partial charge in [-0.1, -0.05) is 30.3 Å². The predicted molar refractivity (Wildman–Crippen MR) is 130 cm³/mol. The van der Waals surface area contributed by atoms with E-state index in [0.29, 0.717) is 19.4 Å². The van der Waals surface area contributed by atoms with Crippen molar-refractivity contribution >= 4 is 29.6 Å². The number of carboxylic acids is 1. The van der Waals surface area contributed by atoms with Crippen LogP contribution in [-0.2, 0) is 30.4 Å². The minimum atomic E-state index is -1.24. The highest BCUT2D eigenvalue weighted by atomic mass is 16.4. The highest BCUT2D eigenvalue weighted by molar-refractivity contribution is 5.95. The molecule has 1 aromatic carbocycles. The van der Waals surface area contributed by atoms with Crippen LogP contribution in [0.15, 0.2) is 30.3 Å². The predicted octanol–water partition coefficient (Wildman–Crippen LogP) is -2.65. The topological polar surface area (TPSA) is 226 Å². The number of aliphatic hydroxyl groups excluding tert-OH is 1. The largest absolute Gasteiger partial charge is 0.480 e. The Hall–Kier alpha value is -3.55. The molecule has 0 aliphatic heterocycles. The summed E-state index contributed by atoms with van der Waals surface area (Å²) in [6.45, 7) is 0.575. The lowest BCUT2D eigenvalue weighted by atomic mass is 10.0. The van der Waals surface area contributed by atoms with Gasteiger partial charge in [-0.25, -0.2) is 0 Å². The minimum absolute atomic E-state index is 0.0928. The molecule has 4 unspecified atom stereocenters. The van der Waals surface area contributed by atoms with E-state index >= 15 is 0 Å². The fraction of sp³-hybridized carbons (Fsp3) is 0.522. The zero-order valence-corrected chi connectivity index (χ0v) is 20.2. The fourth-order valence-electron chi connectivity index (χ4n) is 3.14. The van der Waals surface area contributed by atoms with Gasteiger partial charge in [-0.15, -0.1) is 0 Å². The van der Waals surface area contributed by atoms with Crippen molar-refractivity contribution in [3.8, 4) is 0 Å². The van der Waals surface area contributed by atoms with Crippen molar-refractivity contribution in [1.29, 1.82) is 0 Å². The Balaban J connectivity index is 2.87. The van der Waals surface area contributed by atoms with Gasteiger partial charge in [0.25, 0.3) is 0 Å². The van der Waals surface area contributed by atoms with Crippen LogP contribution in [0.25, 0.3) is 0 Å². The van der Waals surface area contributed by atoms with Crippen molar-refractivity contribution < 1.29 is 34.2 Å². The third-order valence-electron chi connectivity index (χ3n) is 5.19. The van der Waals surface area contributed by atoms with E-state index in [2.05, 4.69) is 21.3 Å². The van der Waals surface area contributed by atoms with Crippen LogP contribution in [0, 0.1) is 0 Å². The number of nitrogens with two attached hydrogens (primary N) is 2. The van der Waals surface area contributed by atoms with E-state index in [1.807, 2.05) is 0 Å². The molecule has 1 aromatic rings. The van der Waals surface area contributed by atoms with E-state index < -0.39 is 66.9 Å². The van der Waals surface area contributed by atoms with Crippen molar-refractivity contribution in [2.24, 2.45) is 11.5 Å². The highest BCUT2D eigenvalue weighted by Crippen LogP contribution is 2.05. The first-order valence-electron chi connectivity index (χ1n) is 11.6. The lowest BCUT2D eigenvalue weighted by Crippen LogP contribution is -2.57. The molecule has 10 N–H and O–H groups in total. The van der Waals surface area contributed by atoms with Crippen LogP contribution in [0.3, 0.4) is 0 Å². The maximum atomic E-state index is 12.8. The zero-order valence-electron chi connectivity index (χ0n) is 20.2. The van der Waals surface area contributed by atoms with E-state index in [1.165, 1.54) is 6.92 Å². The molecule has 0 saturated heterocycles. The maximum absolute atomic E-state index is 12.8. The van der Waals surface area contributed by atoms with Crippen LogP contribution in [0.5, 0.6) is 0 Å². The fourth-order valence-corrected chi connectivity index (χ4v) is 3.14. The molecule has 0 heterocycles. The van der Waals surface area contributed by atoms with Crippen LogP contribution < -0.4 is 32.7 Å². The number of amides is 4. The molecular weight excluding hydrogens is 472 g/mol. The van der Waals surface area contributed by atoms with E-state index in [0.717, 1.165) is 5.56 Å². The lowest BCUT2D eigenvalue weighted by molar-refractivity contribution is -0.138. The Bertz CT molecular complexity index is 883. The number of aliphatic hydroxyl groups is 1. The van der Waals surface area contributed by atoms with Crippen molar-refractivity contribution in [2.45, 2.75) is 56.8 Å². The molecule has 200 valence electrons. The normalized spacial score (nSPS) is 14.0. The summed E-state index contributed by atoms with van der Waals surface area (Å²) in [7, 11) is 0. The SMILES string of the molecule is CC(NC(=O)C(CCCCN)NC(=O)C(N)CO)C(=O)NC(Cc1ccccc1)C(=O)NCC(=O)O. The summed E-state index contributed by atoms with van der Waals surface area (Å²) in [4.78, 5) is 61.0. The van der Waals surface area contributed by atoms with Gasteiger partial charge in [-0.3, -0.25) is 24.0 Å². The molecule has 13 nitrogen and oxygen atoms in total. The third kappa shape index (κ3) is 11.3. The summed E-state index contributed by atoms with van der Waals surface area (Å²) >= 11 is 0. The summed E-state index contributed by atoms with van der Waals surface area (Å²) < 4.78 is 0. The standard InChI is InChI=1S/C23H36N6O7/c1-14(27-23(36)17(9-5-6-10-24)28-21(34)16(25)13-30)20(33)29-18(22(35)26-12-19(31)32)11-15-7-3-2-4-8-15/h2-4,7-8,14,16-18,30H,5-6,9-13,24-25H2,1H3,(H,26,35)(H,27,36)(H,28,34)(H,29,33)(H,31,32). The summed E-state index contributed by atoms with van der Waals surface area (Å²) in [5.41, 5.74) is 11.7. The number of hydrogen-bond donors (Lipinski definition) is 8. The third-order valence-corrected chi connectivity index (χ3v) is 5.19. The molecule has 0 saturated carbocycles. The number of benzene rings is 1. The molecule has 0 bridgehead atoms. The van der Waals surface area contributed by atoms with Gasteiger partial charge in [-0.05, 0) is 38.3 Å². The number of unbranched alkanes of at least 4 members (excludes halogenated alkanes) is 1. The minimum Gasteiger partial charge on any atom is -0.480 e. The number of carboxylic acid groups (broad SMARTS) is 1. The molecule has 4 atom stereocenters. The second-order valence-electron chi connectivity index (χ2n) is 8.23. The highest BCUT2D eigenvalue weighted by Gasteiger charge is 2.28. The second-order valence-corrected chi connectivity index (χ2v) is 8.23. The first-order chi connectivity index (χ1) is 17.1. The van der Waals surface area contributed by atoms with Gasteiger partial charge in [0, 0.05) is 6.42 Å². The smallest absolute Gasteiger partial charge is 0.322 e. The maximum Gasteiger partial charge on any atom is 0.322 e. The van der Waals surface area contributed by atoms with Crippen molar-refractivity contribution in [3.63, 3.8) is 0 Å². The molecule has 4 amide bonds. The molecule has 13 heteroatoms. The van der Waals surface area contributed by atoms with Gasteiger partial charge < -0.3 is 42.9 Å². The van der Waals surface area contributed by atoms with E-state index in [1.54, 1.807) is 30.3 Å². The van der Waals surface area contributed by atoms with Gasteiger partial charge >= 0.3 is 5.97 Å². The quantitative estimate of drug-likeness (QED) is 0.109. The Kier molecular flexibility index (Phi) is 13.7. The Morgan fingerprint density at radius 2 is 1.53 bits per heavy atom. The number of carbonyl (C=O) groups excluding carboxylic acids is 4. The van der Waals surface area contributed by atoms with E-state index in [-0.39, 0.29) is 12.8 Å². The summed E-state index contributed by atoms with van der Waals surface area (Å²) in [5.74, 6) is -3.99. The van der Waals surface area contributed by atoms with Crippen LogP contribution >= 0.6 is 0 Å². The second kappa shape index (κ2) is 16.2. The van der Waals surface area contributed by atoms with Crippen molar-refractivity contribution in [2.75, 3.05) is 19.7 Å².